The molecular formula is C24H23Zr. The van der Waals surface area contributed by atoms with Crippen LogP contribution in [-0.4, -0.2) is 0 Å². The van der Waals surface area contributed by atoms with Crippen LogP contribution in [0.4, 0.5) is 0 Å². The van der Waals surface area contributed by atoms with Crippen LogP contribution in [0, 0.1) is 0 Å². The van der Waals surface area contributed by atoms with Crippen molar-refractivity contribution >= 4 is 9.81 Å². The number of rotatable bonds is 4. The summed E-state index contributed by atoms with van der Waals surface area (Å²) < 4.78 is 8.74. The van der Waals surface area contributed by atoms with Gasteiger partial charge in [0.1, 0.15) is 0 Å². The van der Waals surface area contributed by atoms with E-state index in [-0.39, 0.29) is 0 Å². The molecule has 1 aliphatic rings. The van der Waals surface area contributed by atoms with Crippen LogP contribution in [0.3, 0.4) is 0 Å². The Hall–Kier alpha value is -1.98. The number of benzene rings is 3. The average Bonchev–Trinajstić information content (AvgIpc) is 3.25. The van der Waals surface area contributed by atoms with Crippen molar-refractivity contribution in [3.8, 4) is 0 Å². The summed E-state index contributed by atoms with van der Waals surface area (Å²) >= 11 is -3.90. The summed E-state index contributed by atoms with van der Waals surface area (Å²) in [5.74, 6) is 0. The predicted octanol–water partition coefficient (Wildman–Crippen LogP) is 4.54. The summed E-state index contributed by atoms with van der Waals surface area (Å²) in [7, 11) is 0. The summed E-state index contributed by atoms with van der Waals surface area (Å²) in [6.45, 7) is 0. The van der Waals surface area contributed by atoms with Gasteiger partial charge in [-0.1, -0.05) is 0 Å². The van der Waals surface area contributed by atoms with E-state index in [1.165, 1.54) is 9.81 Å². The van der Waals surface area contributed by atoms with Crippen molar-refractivity contribution < 1.29 is 18.8 Å². The zero-order valence-electron chi connectivity index (χ0n) is 14.6. The van der Waals surface area contributed by atoms with E-state index in [4.69, 9.17) is 0 Å². The second-order valence-electron chi connectivity index (χ2n) is 7.17. The van der Waals surface area contributed by atoms with Gasteiger partial charge in [0.2, 0.25) is 0 Å². The molecule has 25 heavy (non-hydrogen) atoms. The fraction of sp³-hybridized carbons (Fsp3) is 0.0833. The van der Waals surface area contributed by atoms with Gasteiger partial charge in [-0.3, -0.25) is 0 Å². The summed E-state index contributed by atoms with van der Waals surface area (Å²) in [5, 5.41) is 0. The third kappa shape index (κ3) is 2.37. The molecule has 0 fully saturated rings. The molecule has 0 bridgehead atoms. The first-order valence-electron chi connectivity index (χ1n) is 8.95. The van der Waals surface area contributed by atoms with Crippen molar-refractivity contribution in [2.75, 3.05) is 0 Å². The first kappa shape index (κ1) is 16.5. The molecule has 0 heterocycles. The van der Waals surface area contributed by atoms with Crippen molar-refractivity contribution in [2.24, 2.45) is 0 Å². The number of hydrogen-bond acceptors (Lipinski definition) is 0. The van der Waals surface area contributed by atoms with Crippen molar-refractivity contribution in [1.29, 1.82) is 0 Å². The summed E-state index contributed by atoms with van der Waals surface area (Å²) in [6.07, 6.45) is 7.99. The van der Waals surface area contributed by atoms with Crippen LogP contribution < -0.4 is 9.81 Å². The van der Waals surface area contributed by atoms with Crippen LogP contribution in [0.5, 0.6) is 0 Å². The Morgan fingerprint density at radius 3 is 1.32 bits per heavy atom. The molecule has 0 saturated carbocycles. The Morgan fingerprint density at radius 2 is 1.00 bits per heavy atom. The van der Waals surface area contributed by atoms with Crippen LogP contribution in [0.15, 0.2) is 113 Å². The second-order valence-corrected chi connectivity index (χ2v) is 21.6. The monoisotopic (exact) mass is 401 g/mol. The zero-order chi connectivity index (χ0) is 17.2. The van der Waals surface area contributed by atoms with Gasteiger partial charge in [0.05, 0.1) is 0 Å². The standard InChI is InChI=1S/3C6H5.C5H5.CH3.Zr/c3*1-2-4-6-5-3-1;1-2-4-5-3-1;;/h3*1-5H;1-3H,4H2;1H3;. The van der Waals surface area contributed by atoms with Crippen molar-refractivity contribution in [3.05, 3.63) is 113 Å². The van der Waals surface area contributed by atoms with Gasteiger partial charge in [-0.05, 0) is 0 Å². The van der Waals surface area contributed by atoms with Gasteiger partial charge in [0.25, 0.3) is 0 Å². The van der Waals surface area contributed by atoms with Crippen LogP contribution in [-0.2, 0) is 18.8 Å². The molecule has 0 nitrogen and oxygen atoms in total. The molecule has 0 spiro atoms. The van der Waals surface area contributed by atoms with E-state index in [0.717, 1.165) is 6.42 Å². The second kappa shape index (κ2) is 6.39. The number of allylic oxidation sites excluding steroid dienone is 4. The first-order chi connectivity index (χ1) is 12.2. The minimum absolute atomic E-state index is 1.06. The van der Waals surface area contributed by atoms with Gasteiger partial charge in [-0.2, -0.15) is 0 Å². The Bertz CT molecular complexity index is 822. The van der Waals surface area contributed by atoms with Gasteiger partial charge >= 0.3 is 152 Å². The molecule has 0 aliphatic heterocycles. The third-order valence-corrected chi connectivity index (χ3v) is 24.0. The zero-order valence-corrected chi connectivity index (χ0v) is 17.1. The summed E-state index contributed by atoms with van der Waals surface area (Å²) in [4.78, 5) is 0. The first-order valence-corrected chi connectivity index (χ1v) is 16.3. The minimum atomic E-state index is -3.90. The fourth-order valence-corrected chi connectivity index (χ4v) is 20.1. The maximum atomic E-state index is 2.60. The van der Waals surface area contributed by atoms with Crippen molar-refractivity contribution in [3.63, 3.8) is 0 Å². The molecule has 0 N–H and O–H groups in total. The van der Waals surface area contributed by atoms with Crippen LogP contribution in [0.1, 0.15) is 6.42 Å². The van der Waals surface area contributed by atoms with Gasteiger partial charge < -0.3 is 0 Å². The molecule has 4 rings (SSSR count). The number of hydrogen-bond donors (Lipinski definition) is 0. The van der Waals surface area contributed by atoms with Gasteiger partial charge in [-0.25, -0.2) is 0 Å². The SMILES string of the molecule is [CH3][Zr]([C]1=CC=CC1)([c]1ccccc1)([c]1ccccc1)[c]1ccccc1. The molecule has 3 aromatic rings. The van der Waals surface area contributed by atoms with E-state index in [1.807, 2.05) is 0 Å². The fourth-order valence-electron chi connectivity index (χ4n) is 4.53. The van der Waals surface area contributed by atoms with Gasteiger partial charge in [-0.15, -0.1) is 0 Å². The van der Waals surface area contributed by atoms with Crippen LogP contribution >= 0.6 is 0 Å². The van der Waals surface area contributed by atoms with E-state index in [9.17, 15) is 0 Å². The molecule has 0 amide bonds. The Balaban J connectivity index is 2.17. The van der Waals surface area contributed by atoms with E-state index >= 15 is 0 Å². The molecule has 1 aliphatic carbocycles. The van der Waals surface area contributed by atoms with Crippen molar-refractivity contribution in [2.45, 2.75) is 11.1 Å². The van der Waals surface area contributed by atoms with E-state index < -0.39 is 18.8 Å². The Kier molecular flexibility index (Phi) is 4.22. The third-order valence-electron chi connectivity index (χ3n) is 6.06. The average molecular weight is 403 g/mol. The molecule has 0 unspecified atom stereocenters. The predicted molar refractivity (Wildman–Crippen MR) is 106 cm³/mol. The summed E-state index contributed by atoms with van der Waals surface area (Å²) in [5.41, 5.74) is 0. The Morgan fingerprint density at radius 1 is 0.600 bits per heavy atom. The normalized spacial score (nSPS) is 15.4. The Labute approximate surface area is 151 Å². The van der Waals surface area contributed by atoms with Crippen LogP contribution in [0.25, 0.3) is 0 Å². The van der Waals surface area contributed by atoms with E-state index in [2.05, 4.69) is 114 Å². The molecule has 0 saturated heterocycles. The topological polar surface area (TPSA) is 0 Å². The quantitative estimate of drug-likeness (QED) is 0.601. The van der Waals surface area contributed by atoms with Crippen molar-refractivity contribution in [1.82, 2.24) is 0 Å². The molecule has 123 valence electrons. The molecule has 0 atom stereocenters. The van der Waals surface area contributed by atoms with E-state index in [1.54, 1.807) is 3.28 Å². The summed E-state index contributed by atoms with van der Waals surface area (Å²) in [6, 6.07) is 33.7. The van der Waals surface area contributed by atoms with Crippen LogP contribution in [0.2, 0.25) is 4.63 Å². The van der Waals surface area contributed by atoms with E-state index in [0.29, 0.717) is 0 Å². The van der Waals surface area contributed by atoms with Gasteiger partial charge in [0.15, 0.2) is 0 Å². The maximum absolute atomic E-state index is 3.90. The molecule has 0 aromatic heterocycles. The molecule has 0 radical (unpaired) electrons. The van der Waals surface area contributed by atoms with Gasteiger partial charge in [0, 0.05) is 0 Å². The molecular weight excluding hydrogens is 379 g/mol. The molecule has 1 heteroatoms. The molecule has 3 aromatic carbocycles.